The van der Waals surface area contributed by atoms with Crippen LogP contribution in [0.15, 0.2) is 30.9 Å². The van der Waals surface area contributed by atoms with E-state index in [4.69, 9.17) is 0 Å². The Bertz CT molecular complexity index is 316. The maximum absolute atomic E-state index is 4.11. The van der Waals surface area contributed by atoms with Gasteiger partial charge >= 0.3 is 0 Å². The molecule has 2 heterocycles. The molecule has 0 saturated heterocycles. The first-order chi connectivity index (χ1) is 7.45. The third kappa shape index (κ3) is 3.17. The molecule has 0 saturated carbocycles. The summed E-state index contributed by atoms with van der Waals surface area (Å²) in [6.07, 6.45) is 7.29. The molecule has 2 rings (SSSR count). The van der Waals surface area contributed by atoms with Crippen LogP contribution in [0.3, 0.4) is 0 Å². The maximum atomic E-state index is 4.11. The quantitative estimate of drug-likeness (QED) is 0.663. The molecule has 0 bridgehead atoms. The van der Waals surface area contributed by atoms with E-state index in [0.29, 0.717) is 0 Å². The molecule has 0 atom stereocenters. The van der Waals surface area contributed by atoms with E-state index in [1.54, 1.807) is 17.1 Å². The number of nitrogens with zero attached hydrogens (tertiary/aromatic N) is 5. The Morgan fingerprint density at radius 2 is 1.87 bits per heavy atom. The summed E-state index contributed by atoms with van der Waals surface area (Å²) in [5.74, 6) is 0. The van der Waals surface area contributed by atoms with Crippen molar-refractivity contribution in [1.29, 1.82) is 0 Å². The van der Waals surface area contributed by atoms with Crippen LogP contribution in [0, 0.1) is 0 Å². The lowest BCUT2D eigenvalue weighted by atomic mass is 10.5. The van der Waals surface area contributed by atoms with Crippen LogP contribution in [0.1, 0.15) is 0 Å². The van der Waals surface area contributed by atoms with Gasteiger partial charge < -0.3 is 5.32 Å². The predicted octanol–water partition coefficient (Wildman–Crippen LogP) is -0.236. The summed E-state index contributed by atoms with van der Waals surface area (Å²) in [4.78, 5) is 0. The van der Waals surface area contributed by atoms with E-state index in [9.17, 15) is 0 Å². The summed E-state index contributed by atoms with van der Waals surface area (Å²) in [5.41, 5.74) is 0. The first-order valence-corrected chi connectivity index (χ1v) is 4.97. The molecule has 0 radical (unpaired) electrons. The number of nitrogens with one attached hydrogen (secondary N) is 1. The lowest BCUT2D eigenvalue weighted by Crippen LogP contribution is -2.24. The Labute approximate surface area is 87.9 Å². The van der Waals surface area contributed by atoms with Gasteiger partial charge in [0.2, 0.25) is 0 Å². The van der Waals surface area contributed by atoms with Gasteiger partial charge in [0.1, 0.15) is 0 Å². The molecule has 0 fully saturated rings. The van der Waals surface area contributed by atoms with Gasteiger partial charge in [-0.3, -0.25) is 9.36 Å². The normalized spacial score (nSPS) is 10.7. The van der Waals surface area contributed by atoms with Crippen LogP contribution in [-0.2, 0) is 13.1 Å². The van der Waals surface area contributed by atoms with E-state index in [1.807, 2.05) is 23.1 Å². The minimum atomic E-state index is 0.846. The molecule has 0 aliphatic rings. The molecule has 0 aliphatic heterocycles. The van der Waals surface area contributed by atoms with Gasteiger partial charge in [-0.15, -0.1) is 5.10 Å². The third-order valence-electron chi connectivity index (χ3n) is 2.07. The van der Waals surface area contributed by atoms with Crippen LogP contribution < -0.4 is 5.32 Å². The summed E-state index contributed by atoms with van der Waals surface area (Å²) in [6.45, 7) is 3.55. The van der Waals surface area contributed by atoms with Gasteiger partial charge in [-0.2, -0.15) is 5.10 Å². The molecule has 80 valence electrons. The second-order valence-electron chi connectivity index (χ2n) is 3.19. The SMILES string of the molecule is c1cnn(CCNCCn2ccnn2)c1. The van der Waals surface area contributed by atoms with E-state index < -0.39 is 0 Å². The molecular weight excluding hydrogens is 192 g/mol. The molecule has 0 spiro atoms. The fraction of sp³-hybridized carbons (Fsp3) is 0.444. The highest BCUT2D eigenvalue weighted by Crippen LogP contribution is 1.83. The number of aromatic nitrogens is 5. The van der Waals surface area contributed by atoms with Crippen molar-refractivity contribution in [3.05, 3.63) is 30.9 Å². The lowest BCUT2D eigenvalue weighted by molar-refractivity contribution is 0.507. The molecular formula is C9H14N6. The smallest absolute Gasteiger partial charge is 0.0692 e. The van der Waals surface area contributed by atoms with E-state index in [0.717, 1.165) is 26.2 Å². The number of rotatable bonds is 6. The molecule has 0 aliphatic carbocycles. The lowest BCUT2D eigenvalue weighted by Gasteiger charge is -2.04. The summed E-state index contributed by atoms with van der Waals surface area (Å²) < 4.78 is 3.71. The molecule has 2 aromatic heterocycles. The number of hydrogen-bond acceptors (Lipinski definition) is 4. The first kappa shape index (κ1) is 9.85. The third-order valence-corrected chi connectivity index (χ3v) is 2.07. The van der Waals surface area contributed by atoms with Gasteiger partial charge in [0.05, 0.1) is 19.3 Å². The van der Waals surface area contributed by atoms with Crippen molar-refractivity contribution in [1.82, 2.24) is 30.1 Å². The molecule has 0 aromatic carbocycles. The Morgan fingerprint density at radius 3 is 2.53 bits per heavy atom. The summed E-state index contributed by atoms with van der Waals surface area (Å²) in [7, 11) is 0. The van der Waals surface area contributed by atoms with E-state index >= 15 is 0 Å². The van der Waals surface area contributed by atoms with E-state index in [1.165, 1.54) is 0 Å². The van der Waals surface area contributed by atoms with Crippen LogP contribution in [0.4, 0.5) is 0 Å². The van der Waals surface area contributed by atoms with Crippen molar-refractivity contribution in [2.24, 2.45) is 0 Å². The van der Waals surface area contributed by atoms with E-state index in [-0.39, 0.29) is 0 Å². The molecule has 2 aromatic rings. The van der Waals surface area contributed by atoms with Gasteiger partial charge in [0, 0.05) is 31.7 Å². The largest absolute Gasteiger partial charge is 0.313 e. The monoisotopic (exact) mass is 206 g/mol. The Morgan fingerprint density at radius 1 is 1.00 bits per heavy atom. The highest BCUT2D eigenvalue weighted by Gasteiger charge is 1.92. The van der Waals surface area contributed by atoms with Crippen molar-refractivity contribution in [3.63, 3.8) is 0 Å². The van der Waals surface area contributed by atoms with Crippen molar-refractivity contribution >= 4 is 0 Å². The molecule has 0 unspecified atom stereocenters. The minimum absolute atomic E-state index is 0.846. The van der Waals surface area contributed by atoms with E-state index in [2.05, 4.69) is 20.7 Å². The van der Waals surface area contributed by atoms with Crippen LogP contribution in [0.25, 0.3) is 0 Å². The minimum Gasteiger partial charge on any atom is -0.313 e. The van der Waals surface area contributed by atoms with Gasteiger partial charge in [-0.1, -0.05) is 5.21 Å². The first-order valence-electron chi connectivity index (χ1n) is 4.97. The molecule has 15 heavy (non-hydrogen) atoms. The maximum Gasteiger partial charge on any atom is 0.0692 e. The van der Waals surface area contributed by atoms with Gasteiger partial charge in [0.25, 0.3) is 0 Å². The second-order valence-corrected chi connectivity index (χ2v) is 3.19. The second kappa shape index (κ2) is 5.26. The molecule has 0 amide bonds. The summed E-state index contributed by atoms with van der Waals surface area (Å²) in [5, 5.41) is 15.0. The van der Waals surface area contributed by atoms with Crippen molar-refractivity contribution in [2.45, 2.75) is 13.1 Å². The average molecular weight is 206 g/mol. The average Bonchev–Trinajstić information content (AvgIpc) is 2.88. The molecule has 6 heteroatoms. The van der Waals surface area contributed by atoms with Crippen molar-refractivity contribution in [3.8, 4) is 0 Å². The number of hydrogen-bond donors (Lipinski definition) is 1. The van der Waals surface area contributed by atoms with Gasteiger partial charge in [-0.25, -0.2) is 0 Å². The summed E-state index contributed by atoms with van der Waals surface area (Å²) in [6, 6.07) is 1.93. The zero-order chi connectivity index (χ0) is 10.3. The highest BCUT2D eigenvalue weighted by molar-refractivity contribution is 4.77. The van der Waals surface area contributed by atoms with Crippen LogP contribution in [0.2, 0.25) is 0 Å². The zero-order valence-corrected chi connectivity index (χ0v) is 8.45. The van der Waals surface area contributed by atoms with Crippen LogP contribution in [0.5, 0.6) is 0 Å². The van der Waals surface area contributed by atoms with Gasteiger partial charge in [-0.05, 0) is 6.07 Å². The predicted molar refractivity (Wildman–Crippen MR) is 55.1 cm³/mol. The zero-order valence-electron chi connectivity index (χ0n) is 8.45. The van der Waals surface area contributed by atoms with Crippen LogP contribution >= 0.6 is 0 Å². The Kier molecular flexibility index (Phi) is 3.45. The fourth-order valence-corrected chi connectivity index (χ4v) is 1.30. The Balaban J connectivity index is 1.56. The van der Waals surface area contributed by atoms with Crippen molar-refractivity contribution < 1.29 is 0 Å². The van der Waals surface area contributed by atoms with Gasteiger partial charge in [0.15, 0.2) is 0 Å². The fourth-order valence-electron chi connectivity index (χ4n) is 1.30. The standard InChI is InChI=1S/C9H14N6/c1-2-12-14(6-1)7-3-10-4-8-15-9-5-11-13-15/h1-2,5-6,9-10H,3-4,7-8H2. The molecule has 1 N–H and O–H groups in total. The Hall–Kier alpha value is -1.69. The summed E-state index contributed by atoms with van der Waals surface area (Å²) >= 11 is 0. The van der Waals surface area contributed by atoms with Crippen molar-refractivity contribution in [2.75, 3.05) is 13.1 Å². The van der Waals surface area contributed by atoms with Crippen LogP contribution in [-0.4, -0.2) is 37.9 Å². The molecule has 6 nitrogen and oxygen atoms in total. The topological polar surface area (TPSA) is 60.6 Å². The highest BCUT2D eigenvalue weighted by atomic mass is 15.4.